The fraction of sp³-hybridized carbons (Fsp3) is 0.478. The number of fused-ring (bicyclic) bond motifs is 4. The molecule has 1 saturated heterocycles. The number of hydrogen-bond acceptors (Lipinski definition) is 6. The maximum atomic E-state index is 15.4. The Morgan fingerprint density at radius 1 is 0.972 bits per heavy atom. The molecule has 0 unspecified atom stereocenters. The Balaban J connectivity index is 1.74. The number of benzene rings is 2. The van der Waals surface area contributed by atoms with E-state index in [1.165, 1.54) is 6.66 Å². The number of halogens is 5. The molecular weight excluding hydrogens is 530 g/mol. The van der Waals surface area contributed by atoms with Gasteiger partial charge in [0.1, 0.15) is 10.6 Å². The van der Waals surface area contributed by atoms with Crippen molar-refractivity contribution in [3.05, 3.63) is 59.2 Å². The third kappa shape index (κ3) is 3.71. The van der Waals surface area contributed by atoms with Crippen LogP contribution in [0.25, 0.3) is 0 Å². The number of alkyl halides is 3. The van der Waals surface area contributed by atoms with Gasteiger partial charge >= 0.3 is 13.8 Å². The Kier molecular flexibility index (Phi) is 5.87. The zero-order chi connectivity index (χ0) is 26.1. The molecule has 1 spiro atoms. The molecule has 0 N–H and O–H groups in total. The van der Waals surface area contributed by atoms with Crippen molar-refractivity contribution in [2.45, 2.75) is 35.1 Å². The van der Waals surface area contributed by atoms with Gasteiger partial charge in [0.25, 0.3) is 0 Å². The molecule has 3 aliphatic rings. The summed E-state index contributed by atoms with van der Waals surface area (Å²) < 4.78 is 125. The first kappa shape index (κ1) is 25.6. The molecule has 0 aromatic heterocycles. The number of sulfone groups is 1. The van der Waals surface area contributed by atoms with E-state index in [0.717, 1.165) is 24.3 Å². The fourth-order valence-electron chi connectivity index (χ4n) is 5.80. The minimum atomic E-state index is -4.69. The topological polar surface area (TPSA) is 78.9 Å². The van der Waals surface area contributed by atoms with Crippen LogP contribution in [0.4, 0.5) is 22.0 Å². The first-order chi connectivity index (χ1) is 16.7. The Hall–Kier alpha value is -2.01. The summed E-state index contributed by atoms with van der Waals surface area (Å²) >= 11 is 0. The van der Waals surface area contributed by atoms with Gasteiger partial charge in [-0.1, -0.05) is 6.42 Å². The van der Waals surface area contributed by atoms with Crippen LogP contribution in [0.2, 0.25) is 0 Å². The van der Waals surface area contributed by atoms with Gasteiger partial charge in [-0.05, 0) is 49.2 Å². The second-order valence-corrected chi connectivity index (χ2v) is 13.8. The van der Waals surface area contributed by atoms with Gasteiger partial charge < -0.3 is 13.8 Å². The minimum Gasteiger partial charge on any atom is -0.490 e. The molecular formula is C23H22F5O6PS. The van der Waals surface area contributed by atoms with Gasteiger partial charge in [0.2, 0.25) is 0 Å². The lowest BCUT2D eigenvalue weighted by Crippen LogP contribution is -2.61. The molecule has 1 saturated carbocycles. The SMILES string of the molecule is CP1(=O)OCC2(CCC[C@@]3(S(=O)(=O)c4ccc(C(F)(F)F)cc4)c4c(F)ccc(F)c4OC[C@@H]23)CO1. The van der Waals surface area contributed by atoms with Gasteiger partial charge in [-0.15, -0.1) is 0 Å². The molecule has 2 aromatic carbocycles. The third-order valence-corrected chi connectivity index (χ3v) is 11.3. The predicted octanol–water partition coefficient (Wildman–Crippen LogP) is 5.70. The van der Waals surface area contributed by atoms with Gasteiger partial charge in [0.05, 0.1) is 35.8 Å². The average molecular weight is 552 g/mol. The van der Waals surface area contributed by atoms with E-state index >= 15 is 4.39 Å². The van der Waals surface area contributed by atoms with Crippen molar-refractivity contribution in [1.82, 2.24) is 0 Å². The summed E-state index contributed by atoms with van der Waals surface area (Å²) in [6, 6.07) is 4.56. The Morgan fingerprint density at radius 3 is 2.19 bits per heavy atom. The summed E-state index contributed by atoms with van der Waals surface area (Å²) in [5.41, 5.74) is -2.62. The lowest BCUT2D eigenvalue weighted by Gasteiger charge is -2.57. The highest BCUT2D eigenvalue weighted by Gasteiger charge is 2.66. The Labute approximate surface area is 204 Å². The van der Waals surface area contributed by atoms with Crippen LogP contribution in [0, 0.1) is 23.0 Å². The molecule has 6 nitrogen and oxygen atoms in total. The van der Waals surface area contributed by atoms with Crippen LogP contribution >= 0.6 is 7.60 Å². The van der Waals surface area contributed by atoms with E-state index in [0.29, 0.717) is 18.6 Å². The molecule has 13 heteroatoms. The highest BCUT2D eigenvalue weighted by atomic mass is 32.2. The van der Waals surface area contributed by atoms with Crippen molar-refractivity contribution in [3.8, 4) is 5.75 Å². The monoisotopic (exact) mass is 552 g/mol. The van der Waals surface area contributed by atoms with Crippen LogP contribution < -0.4 is 4.74 Å². The van der Waals surface area contributed by atoms with Crippen molar-refractivity contribution in [2.24, 2.45) is 11.3 Å². The zero-order valence-corrected chi connectivity index (χ0v) is 20.7. The molecule has 0 radical (unpaired) electrons. The fourth-order valence-corrected chi connectivity index (χ4v) is 9.33. The molecule has 36 heavy (non-hydrogen) atoms. The number of rotatable bonds is 2. The molecule has 1 aliphatic carbocycles. The van der Waals surface area contributed by atoms with Crippen LogP contribution in [0.5, 0.6) is 5.75 Å². The van der Waals surface area contributed by atoms with Crippen LogP contribution in [-0.2, 0) is 34.4 Å². The molecule has 5 rings (SSSR count). The zero-order valence-electron chi connectivity index (χ0n) is 19.0. The van der Waals surface area contributed by atoms with Crippen molar-refractivity contribution >= 4 is 17.4 Å². The van der Waals surface area contributed by atoms with Crippen molar-refractivity contribution < 1.29 is 48.7 Å². The van der Waals surface area contributed by atoms with E-state index in [4.69, 9.17) is 13.8 Å². The van der Waals surface area contributed by atoms with Gasteiger partial charge in [-0.25, -0.2) is 17.2 Å². The molecule has 2 atom stereocenters. The van der Waals surface area contributed by atoms with Crippen molar-refractivity contribution in [2.75, 3.05) is 26.5 Å². The normalized spacial score (nSPS) is 32.4. The van der Waals surface area contributed by atoms with E-state index in [1.807, 2.05) is 0 Å². The quantitative estimate of drug-likeness (QED) is 0.351. The van der Waals surface area contributed by atoms with Crippen LogP contribution in [0.15, 0.2) is 41.3 Å². The van der Waals surface area contributed by atoms with E-state index in [1.54, 1.807) is 0 Å². The van der Waals surface area contributed by atoms with Crippen molar-refractivity contribution in [3.63, 3.8) is 0 Å². The summed E-state index contributed by atoms with van der Waals surface area (Å²) in [5, 5.41) is 0. The third-order valence-electron chi connectivity index (χ3n) is 7.55. The lowest BCUT2D eigenvalue weighted by molar-refractivity contribution is -0.137. The molecule has 0 bridgehead atoms. The first-order valence-corrected chi connectivity index (χ1v) is 14.6. The maximum absolute atomic E-state index is 15.4. The lowest BCUT2D eigenvalue weighted by atomic mass is 9.59. The van der Waals surface area contributed by atoms with Gasteiger partial charge in [0.15, 0.2) is 21.4 Å². The van der Waals surface area contributed by atoms with E-state index in [9.17, 15) is 30.5 Å². The van der Waals surface area contributed by atoms with E-state index < -0.39 is 73.1 Å². The predicted molar refractivity (Wildman–Crippen MR) is 117 cm³/mol. The summed E-state index contributed by atoms with van der Waals surface area (Å²) in [7, 11) is -8.02. The highest BCUT2D eigenvalue weighted by molar-refractivity contribution is 7.92. The van der Waals surface area contributed by atoms with Crippen LogP contribution in [0.1, 0.15) is 30.4 Å². The molecule has 0 amide bonds. The first-order valence-electron chi connectivity index (χ1n) is 11.1. The van der Waals surface area contributed by atoms with Gasteiger partial charge in [-0.3, -0.25) is 4.57 Å². The van der Waals surface area contributed by atoms with E-state index in [2.05, 4.69) is 0 Å². The Morgan fingerprint density at radius 2 is 1.58 bits per heavy atom. The van der Waals surface area contributed by atoms with Gasteiger partial charge in [-0.2, -0.15) is 13.2 Å². The minimum absolute atomic E-state index is 0.136. The van der Waals surface area contributed by atoms with E-state index in [-0.39, 0.29) is 32.7 Å². The summed E-state index contributed by atoms with van der Waals surface area (Å²) in [4.78, 5) is -0.465. The van der Waals surface area contributed by atoms with Crippen LogP contribution in [-0.4, -0.2) is 34.9 Å². The second-order valence-electron chi connectivity index (χ2n) is 9.55. The number of hydrogen-bond donors (Lipinski definition) is 0. The molecule has 2 heterocycles. The van der Waals surface area contributed by atoms with Crippen LogP contribution in [0.3, 0.4) is 0 Å². The summed E-state index contributed by atoms with van der Waals surface area (Å²) in [6.07, 6.45) is -4.23. The summed E-state index contributed by atoms with van der Waals surface area (Å²) in [6.45, 7) is 0.612. The molecule has 2 aromatic rings. The largest absolute Gasteiger partial charge is 0.490 e. The maximum Gasteiger partial charge on any atom is 0.416 e. The smallest absolute Gasteiger partial charge is 0.416 e. The molecule has 2 aliphatic heterocycles. The number of ether oxygens (including phenoxy) is 1. The van der Waals surface area contributed by atoms with Crippen molar-refractivity contribution in [1.29, 1.82) is 0 Å². The van der Waals surface area contributed by atoms with Gasteiger partial charge in [0, 0.05) is 18.0 Å². The second kappa shape index (κ2) is 8.24. The summed E-state index contributed by atoms with van der Waals surface area (Å²) in [5.74, 6) is -3.55. The average Bonchev–Trinajstić information content (AvgIpc) is 2.82. The molecule has 196 valence electrons. The highest BCUT2D eigenvalue weighted by Crippen LogP contribution is 2.65. The Bertz CT molecular complexity index is 1350. The standard InChI is InChI=1S/C23H22F5O6PS/c1-35(29)33-12-21(13-34-35)9-2-10-22(18(21)11-32-20-17(25)8-7-16(24)19(20)22)36(30,31)15-5-3-14(4-6-15)23(26,27)28/h3-8,18H,2,9-13H2,1H3/t18-,21?,22-,35?/m0/s1. The molecule has 2 fully saturated rings.